The number of carbonyl (C=O) groups is 1. The first kappa shape index (κ1) is 19.4. The van der Waals surface area contributed by atoms with E-state index in [4.69, 9.17) is 4.74 Å². The van der Waals surface area contributed by atoms with Crippen LogP contribution in [0.2, 0.25) is 0 Å². The predicted molar refractivity (Wildman–Crippen MR) is 104 cm³/mol. The molecule has 0 spiro atoms. The third kappa shape index (κ3) is 4.14. The molecule has 2 aromatic rings. The van der Waals surface area contributed by atoms with Crippen molar-refractivity contribution in [3.05, 3.63) is 64.5 Å². The van der Waals surface area contributed by atoms with Crippen LogP contribution in [-0.2, 0) is 17.8 Å². The number of amides is 1. The predicted octanol–water partition coefficient (Wildman–Crippen LogP) is 4.15. The molecule has 0 bridgehead atoms. The first-order valence-electron chi connectivity index (χ1n) is 9.36. The lowest BCUT2D eigenvalue weighted by atomic mass is 9.92. The van der Waals surface area contributed by atoms with E-state index in [1.165, 1.54) is 19.6 Å². The molecule has 0 aromatic heterocycles. The molecule has 0 aliphatic carbocycles. The van der Waals surface area contributed by atoms with Gasteiger partial charge in [0, 0.05) is 26.1 Å². The van der Waals surface area contributed by atoms with Crippen LogP contribution >= 0.6 is 0 Å². The standard InChI is InChI=1S/C22H27FN2O2/c1-14(24-16(3)26)18-7-5-17(6-8-18)13-25-12-11-20-19(15(25)2)9-10-21(27-4)22(20)23/h5-10,14-15H,11-13H2,1-4H3,(H,24,26)/t14-,15+/m0/s1. The van der Waals surface area contributed by atoms with Gasteiger partial charge in [-0.3, -0.25) is 9.69 Å². The third-order valence-corrected chi connectivity index (χ3v) is 5.40. The van der Waals surface area contributed by atoms with Gasteiger partial charge in [-0.15, -0.1) is 0 Å². The molecule has 1 heterocycles. The van der Waals surface area contributed by atoms with Gasteiger partial charge in [0.05, 0.1) is 13.2 Å². The summed E-state index contributed by atoms with van der Waals surface area (Å²) in [5.74, 6) is 0.0623. The van der Waals surface area contributed by atoms with Crippen molar-refractivity contribution >= 4 is 5.91 Å². The Morgan fingerprint density at radius 3 is 2.63 bits per heavy atom. The molecule has 0 radical (unpaired) electrons. The van der Waals surface area contributed by atoms with Crippen LogP contribution < -0.4 is 10.1 Å². The first-order valence-corrected chi connectivity index (χ1v) is 9.36. The van der Waals surface area contributed by atoms with E-state index in [9.17, 15) is 9.18 Å². The molecule has 3 rings (SSSR count). The summed E-state index contributed by atoms with van der Waals surface area (Å²) in [7, 11) is 1.50. The molecule has 4 nitrogen and oxygen atoms in total. The topological polar surface area (TPSA) is 41.6 Å². The number of carbonyl (C=O) groups excluding carboxylic acids is 1. The monoisotopic (exact) mass is 370 g/mol. The maximum absolute atomic E-state index is 14.5. The summed E-state index contributed by atoms with van der Waals surface area (Å²) in [4.78, 5) is 13.6. The minimum absolute atomic E-state index is 0.00436. The first-order chi connectivity index (χ1) is 12.9. The summed E-state index contributed by atoms with van der Waals surface area (Å²) in [6.45, 7) is 7.24. The van der Waals surface area contributed by atoms with Crippen molar-refractivity contribution in [3.8, 4) is 5.75 Å². The van der Waals surface area contributed by atoms with E-state index in [0.29, 0.717) is 12.2 Å². The second-order valence-electron chi connectivity index (χ2n) is 7.21. The van der Waals surface area contributed by atoms with Crippen LogP contribution in [0.5, 0.6) is 5.75 Å². The third-order valence-electron chi connectivity index (χ3n) is 5.40. The largest absolute Gasteiger partial charge is 0.494 e. The van der Waals surface area contributed by atoms with Gasteiger partial charge in [0.25, 0.3) is 0 Å². The molecule has 0 fully saturated rings. The number of rotatable bonds is 5. The van der Waals surface area contributed by atoms with Crippen molar-refractivity contribution in [2.45, 2.75) is 45.8 Å². The van der Waals surface area contributed by atoms with Crippen molar-refractivity contribution in [2.24, 2.45) is 0 Å². The number of nitrogens with one attached hydrogen (secondary N) is 1. The molecule has 1 aliphatic rings. The summed E-state index contributed by atoms with van der Waals surface area (Å²) < 4.78 is 19.6. The van der Waals surface area contributed by atoms with Crippen molar-refractivity contribution in [3.63, 3.8) is 0 Å². The number of methoxy groups -OCH3 is 1. The van der Waals surface area contributed by atoms with E-state index in [2.05, 4.69) is 41.4 Å². The van der Waals surface area contributed by atoms with Gasteiger partial charge < -0.3 is 10.1 Å². The number of benzene rings is 2. The highest BCUT2D eigenvalue weighted by molar-refractivity contribution is 5.73. The molecule has 144 valence electrons. The number of hydrogen-bond acceptors (Lipinski definition) is 3. The number of fused-ring (bicyclic) bond motifs is 1. The van der Waals surface area contributed by atoms with Crippen LogP contribution in [0.15, 0.2) is 36.4 Å². The highest BCUT2D eigenvalue weighted by Crippen LogP contribution is 2.35. The Kier molecular flexibility index (Phi) is 5.80. The van der Waals surface area contributed by atoms with Crippen molar-refractivity contribution in [1.29, 1.82) is 0 Å². The Morgan fingerprint density at radius 2 is 2.00 bits per heavy atom. The van der Waals surface area contributed by atoms with Crippen LogP contribution in [0.1, 0.15) is 55.1 Å². The molecule has 1 N–H and O–H groups in total. The molecule has 27 heavy (non-hydrogen) atoms. The maximum Gasteiger partial charge on any atom is 0.217 e. The van der Waals surface area contributed by atoms with Gasteiger partial charge in [-0.25, -0.2) is 4.39 Å². The Morgan fingerprint density at radius 1 is 1.30 bits per heavy atom. The highest BCUT2D eigenvalue weighted by Gasteiger charge is 2.27. The second-order valence-corrected chi connectivity index (χ2v) is 7.21. The molecule has 2 atom stereocenters. The average Bonchev–Trinajstić information content (AvgIpc) is 2.64. The fourth-order valence-corrected chi connectivity index (χ4v) is 3.81. The van der Waals surface area contributed by atoms with E-state index in [0.717, 1.165) is 29.8 Å². The Labute approximate surface area is 160 Å². The lowest BCUT2D eigenvalue weighted by molar-refractivity contribution is -0.119. The summed E-state index contributed by atoms with van der Waals surface area (Å²) in [5, 5.41) is 2.90. The maximum atomic E-state index is 14.5. The lowest BCUT2D eigenvalue weighted by Gasteiger charge is -2.35. The Hall–Kier alpha value is -2.40. The zero-order valence-corrected chi connectivity index (χ0v) is 16.4. The van der Waals surface area contributed by atoms with Gasteiger partial charge in [-0.1, -0.05) is 30.3 Å². The minimum Gasteiger partial charge on any atom is -0.494 e. The lowest BCUT2D eigenvalue weighted by Crippen LogP contribution is -2.34. The highest BCUT2D eigenvalue weighted by atomic mass is 19.1. The molecule has 0 unspecified atom stereocenters. The smallest absolute Gasteiger partial charge is 0.217 e. The summed E-state index contributed by atoms with van der Waals surface area (Å²) in [6, 6.07) is 12.2. The SMILES string of the molecule is COc1ccc2c(c1F)CCN(Cc1ccc([C@H](C)NC(C)=O)cc1)[C@@H]2C. The summed E-state index contributed by atoms with van der Waals surface area (Å²) in [6.07, 6.45) is 0.681. The number of ether oxygens (including phenoxy) is 1. The van der Waals surface area contributed by atoms with Crippen LogP contribution in [-0.4, -0.2) is 24.5 Å². The normalized spacial score (nSPS) is 17.9. The average molecular weight is 370 g/mol. The summed E-state index contributed by atoms with van der Waals surface area (Å²) in [5.41, 5.74) is 4.10. The fraction of sp³-hybridized carbons (Fsp3) is 0.409. The van der Waals surface area contributed by atoms with Gasteiger partial charge in [-0.05, 0) is 48.6 Å². The summed E-state index contributed by atoms with van der Waals surface area (Å²) >= 11 is 0. The Bertz CT molecular complexity index is 820. The van der Waals surface area contributed by atoms with Crippen LogP contribution in [0.4, 0.5) is 4.39 Å². The second kappa shape index (κ2) is 8.09. The Balaban J connectivity index is 1.72. The molecule has 5 heteroatoms. The number of nitrogens with zero attached hydrogens (tertiary/aromatic N) is 1. The zero-order valence-electron chi connectivity index (χ0n) is 16.4. The molecular weight excluding hydrogens is 343 g/mol. The van der Waals surface area contributed by atoms with E-state index >= 15 is 0 Å². The van der Waals surface area contributed by atoms with Gasteiger partial charge in [0.2, 0.25) is 5.91 Å². The van der Waals surface area contributed by atoms with Gasteiger partial charge in [0.1, 0.15) is 0 Å². The number of halogens is 1. The molecule has 0 saturated heterocycles. The van der Waals surface area contributed by atoms with Gasteiger partial charge in [0.15, 0.2) is 11.6 Å². The van der Waals surface area contributed by atoms with E-state index < -0.39 is 0 Å². The molecule has 2 aromatic carbocycles. The van der Waals surface area contributed by atoms with E-state index in [1.54, 1.807) is 6.07 Å². The van der Waals surface area contributed by atoms with E-state index in [-0.39, 0.29) is 23.8 Å². The fourth-order valence-electron chi connectivity index (χ4n) is 3.81. The van der Waals surface area contributed by atoms with E-state index in [1.807, 2.05) is 13.0 Å². The molecule has 0 saturated carbocycles. The quantitative estimate of drug-likeness (QED) is 0.860. The molecular formula is C22H27FN2O2. The van der Waals surface area contributed by atoms with Gasteiger partial charge >= 0.3 is 0 Å². The van der Waals surface area contributed by atoms with Gasteiger partial charge in [-0.2, -0.15) is 0 Å². The molecule has 1 aliphatic heterocycles. The zero-order chi connectivity index (χ0) is 19.6. The van der Waals surface area contributed by atoms with Crippen LogP contribution in [0.25, 0.3) is 0 Å². The van der Waals surface area contributed by atoms with Crippen LogP contribution in [0.3, 0.4) is 0 Å². The number of hydrogen-bond donors (Lipinski definition) is 1. The van der Waals surface area contributed by atoms with Crippen molar-refractivity contribution in [2.75, 3.05) is 13.7 Å². The minimum atomic E-state index is -0.224. The van der Waals surface area contributed by atoms with Crippen molar-refractivity contribution in [1.82, 2.24) is 10.2 Å². The molecule has 1 amide bonds. The van der Waals surface area contributed by atoms with Crippen LogP contribution in [0, 0.1) is 5.82 Å². The van der Waals surface area contributed by atoms with Crippen molar-refractivity contribution < 1.29 is 13.9 Å².